The van der Waals surface area contributed by atoms with E-state index in [1.54, 1.807) is 12.1 Å². The first-order valence-corrected chi connectivity index (χ1v) is 5.80. The van der Waals surface area contributed by atoms with Crippen LogP contribution in [0.15, 0.2) is 18.2 Å². The Bertz CT molecular complexity index is 368. The summed E-state index contributed by atoms with van der Waals surface area (Å²) in [5, 5.41) is 0. The van der Waals surface area contributed by atoms with E-state index in [-0.39, 0.29) is 23.6 Å². The molecule has 5 heteroatoms. The first-order valence-electron chi connectivity index (χ1n) is 4.18. The molecule has 0 saturated carbocycles. The molecule has 1 aromatic rings. The molecule has 0 N–H and O–H groups in total. The molecule has 0 aromatic heterocycles. The minimum atomic E-state index is -2.56. The summed E-state index contributed by atoms with van der Waals surface area (Å²) in [4.78, 5) is 11.1. The van der Waals surface area contributed by atoms with Crippen LogP contribution >= 0.6 is 34.2 Å². The number of alkyl halides is 3. The van der Waals surface area contributed by atoms with Gasteiger partial charge in [0.2, 0.25) is 0 Å². The van der Waals surface area contributed by atoms with Gasteiger partial charge in [-0.05, 0) is 40.3 Å². The van der Waals surface area contributed by atoms with Gasteiger partial charge in [-0.3, -0.25) is 4.79 Å². The number of carbonyl (C=O) groups excluding carboxylic acids is 1. The Morgan fingerprint density at radius 3 is 2.67 bits per heavy atom. The minimum Gasteiger partial charge on any atom is -0.298 e. The molecule has 0 saturated heterocycles. The third-order valence-electron chi connectivity index (χ3n) is 1.88. The molecule has 1 rings (SSSR count). The summed E-state index contributed by atoms with van der Waals surface area (Å²) in [6, 6.07) is 4.64. The molecule has 0 aliphatic carbocycles. The van der Waals surface area contributed by atoms with E-state index in [0.717, 1.165) is 3.57 Å². The molecule has 0 spiro atoms. The van der Waals surface area contributed by atoms with Crippen LogP contribution in [0, 0.1) is 3.57 Å². The molecule has 0 aliphatic rings. The highest BCUT2D eigenvalue weighted by Gasteiger charge is 2.15. The molecule has 0 amide bonds. The van der Waals surface area contributed by atoms with Crippen LogP contribution in [0.4, 0.5) is 8.78 Å². The van der Waals surface area contributed by atoms with Crippen molar-refractivity contribution in [3.8, 4) is 0 Å². The topological polar surface area (TPSA) is 17.1 Å². The molecule has 0 radical (unpaired) electrons. The number of carbonyl (C=O) groups is 1. The molecule has 1 nitrogen and oxygen atoms in total. The van der Waals surface area contributed by atoms with Crippen molar-refractivity contribution < 1.29 is 13.6 Å². The van der Waals surface area contributed by atoms with Gasteiger partial charge in [-0.2, -0.15) is 0 Å². The highest BCUT2D eigenvalue weighted by Crippen LogP contribution is 2.25. The minimum absolute atomic E-state index is 0.0277. The van der Waals surface area contributed by atoms with Gasteiger partial charge in [0.15, 0.2) is 5.78 Å². The summed E-state index contributed by atoms with van der Waals surface area (Å²) in [5.41, 5.74) is 0.274. The fraction of sp³-hybridized carbons (Fsp3) is 0.300. The molecule has 0 bridgehead atoms. The Morgan fingerprint density at radius 2 is 2.13 bits per heavy atom. The second-order valence-electron chi connectivity index (χ2n) is 2.99. The molecule has 0 heterocycles. The SMILES string of the molecule is O=C(CCl)Cc1ccc(I)cc1C(F)F. The van der Waals surface area contributed by atoms with Gasteiger partial charge in [0, 0.05) is 15.6 Å². The molecule has 0 fully saturated rings. The number of halogens is 4. The summed E-state index contributed by atoms with van der Waals surface area (Å²) in [5.74, 6) is -0.394. The fourth-order valence-electron chi connectivity index (χ4n) is 1.19. The van der Waals surface area contributed by atoms with Crippen molar-refractivity contribution in [1.29, 1.82) is 0 Å². The summed E-state index contributed by atoms with van der Waals surface area (Å²) in [6.45, 7) is 0. The van der Waals surface area contributed by atoms with Crippen LogP contribution in [0.5, 0.6) is 0 Å². The zero-order valence-corrected chi connectivity index (χ0v) is 10.6. The van der Waals surface area contributed by atoms with Crippen LogP contribution in [-0.4, -0.2) is 11.7 Å². The largest absolute Gasteiger partial charge is 0.298 e. The standard InChI is InChI=1S/C10H8ClF2IO/c11-5-8(15)3-6-1-2-7(14)4-9(6)10(12)13/h1-2,4,10H,3,5H2. The Hall–Kier alpha value is -0.230. The van der Waals surface area contributed by atoms with E-state index in [1.165, 1.54) is 6.07 Å². The first kappa shape index (κ1) is 12.8. The maximum absolute atomic E-state index is 12.6. The van der Waals surface area contributed by atoms with Gasteiger partial charge in [0.1, 0.15) is 0 Å². The number of rotatable bonds is 4. The van der Waals surface area contributed by atoms with Crippen LogP contribution in [-0.2, 0) is 11.2 Å². The number of hydrogen-bond acceptors (Lipinski definition) is 1. The van der Waals surface area contributed by atoms with E-state index in [0.29, 0.717) is 5.56 Å². The predicted molar refractivity (Wildman–Crippen MR) is 63.5 cm³/mol. The van der Waals surface area contributed by atoms with Crippen LogP contribution < -0.4 is 0 Å². The highest BCUT2D eigenvalue weighted by atomic mass is 127. The fourth-order valence-corrected chi connectivity index (χ4v) is 1.80. The van der Waals surface area contributed by atoms with E-state index < -0.39 is 6.43 Å². The highest BCUT2D eigenvalue weighted by molar-refractivity contribution is 14.1. The Morgan fingerprint density at radius 1 is 1.47 bits per heavy atom. The maximum Gasteiger partial charge on any atom is 0.264 e. The van der Waals surface area contributed by atoms with Gasteiger partial charge in [0.05, 0.1) is 5.88 Å². The summed E-state index contributed by atoms with van der Waals surface area (Å²) >= 11 is 7.28. The van der Waals surface area contributed by atoms with Crippen molar-refractivity contribution in [1.82, 2.24) is 0 Å². The lowest BCUT2D eigenvalue weighted by atomic mass is 10.0. The zero-order chi connectivity index (χ0) is 11.4. The van der Waals surface area contributed by atoms with Gasteiger partial charge in [0.25, 0.3) is 6.43 Å². The predicted octanol–water partition coefficient (Wildman–Crippen LogP) is 3.58. The van der Waals surface area contributed by atoms with Gasteiger partial charge >= 0.3 is 0 Å². The zero-order valence-electron chi connectivity index (χ0n) is 7.64. The molecule has 0 atom stereocenters. The Kier molecular flexibility index (Phi) is 4.92. The van der Waals surface area contributed by atoms with Crippen molar-refractivity contribution in [2.24, 2.45) is 0 Å². The molecule has 82 valence electrons. The van der Waals surface area contributed by atoms with Gasteiger partial charge in [-0.1, -0.05) is 6.07 Å². The van der Waals surface area contributed by atoms with Gasteiger partial charge in [-0.15, -0.1) is 11.6 Å². The maximum atomic E-state index is 12.6. The number of hydrogen-bond donors (Lipinski definition) is 0. The van der Waals surface area contributed by atoms with Crippen LogP contribution in [0.3, 0.4) is 0 Å². The molecule has 15 heavy (non-hydrogen) atoms. The third kappa shape index (κ3) is 3.68. The number of Topliss-reactive ketones (excluding diaryl/α,β-unsaturated/α-hetero) is 1. The van der Waals surface area contributed by atoms with E-state index in [4.69, 9.17) is 11.6 Å². The van der Waals surface area contributed by atoms with Crippen molar-refractivity contribution in [3.63, 3.8) is 0 Å². The van der Waals surface area contributed by atoms with Crippen molar-refractivity contribution >= 4 is 40.0 Å². The van der Waals surface area contributed by atoms with E-state index in [9.17, 15) is 13.6 Å². The Balaban J connectivity index is 3.00. The second-order valence-corrected chi connectivity index (χ2v) is 4.51. The molecular formula is C10H8ClF2IO. The van der Waals surface area contributed by atoms with Crippen molar-refractivity contribution in [2.75, 3.05) is 5.88 Å². The smallest absolute Gasteiger partial charge is 0.264 e. The molecule has 1 aromatic carbocycles. The number of benzene rings is 1. The van der Waals surface area contributed by atoms with Crippen LogP contribution in [0.25, 0.3) is 0 Å². The monoisotopic (exact) mass is 344 g/mol. The lowest BCUT2D eigenvalue weighted by Crippen LogP contribution is -2.06. The molecular weight excluding hydrogens is 336 g/mol. The van der Waals surface area contributed by atoms with Gasteiger partial charge in [-0.25, -0.2) is 8.78 Å². The van der Waals surface area contributed by atoms with E-state index >= 15 is 0 Å². The quantitative estimate of drug-likeness (QED) is 0.603. The van der Waals surface area contributed by atoms with Crippen LogP contribution in [0.2, 0.25) is 0 Å². The van der Waals surface area contributed by atoms with E-state index in [1.807, 2.05) is 22.6 Å². The van der Waals surface area contributed by atoms with Crippen molar-refractivity contribution in [3.05, 3.63) is 32.9 Å². The first-order chi connectivity index (χ1) is 7.04. The normalized spacial score (nSPS) is 10.7. The van der Waals surface area contributed by atoms with Crippen molar-refractivity contribution in [2.45, 2.75) is 12.8 Å². The van der Waals surface area contributed by atoms with Gasteiger partial charge < -0.3 is 0 Å². The van der Waals surface area contributed by atoms with Crippen LogP contribution in [0.1, 0.15) is 17.6 Å². The summed E-state index contributed by atoms with van der Waals surface area (Å²) in [6.07, 6.45) is -2.59. The Labute approximate surface area is 105 Å². The second kappa shape index (κ2) is 5.75. The lowest BCUT2D eigenvalue weighted by Gasteiger charge is -2.08. The lowest BCUT2D eigenvalue weighted by molar-refractivity contribution is -0.116. The number of ketones is 1. The third-order valence-corrected chi connectivity index (χ3v) is 2.85. The summed E-state index contributed by atoms with van der Waals surface area (Å²) in [7, 11) is 0. The van der Waals surface area contributed by atoms with E-state index in [2.05, 4.69) is 0 Å². The average Bonchev–Trinajstić information content (AvgIpc) is 2.20. The molecule has 0 unspecified atom stereocenters. The molecule has 0 aliphatic heterocycles. The summed E-state index contributed by atoms with van der Waals surface area (Å²) < 4.78 is 26.0. The average molecular weight is 345 g/mol.